The Hall–Kier alpha value is -1.49. The van der Waals surface area contributed by atoms with Crippen LogP contribution in [0.1, 0.15) is 25.3 Å². The highest BCUT2D eigenvalue weighted by Crippen LogP contribution is 2.15. The smallest absolute Gasteiger partial charge is 0.227 e. The highest BCUT2D eigenvalue weighted by atomic mass is 19.1. The number of hydrogen-bond acceptors (Lipinski definition) is 2. The summed E-state index contributed by atoms with van der Waals surface area (Å²) in [6, 6.07) is 3.36. The predicted molar refractivity (Wildman–Crippen MR) is 77.9 cm³/mol. The SMILES string of the molecule is CCN(CC1CCCNC1)C(=O)Cc1ccc(F)cc1F. The zero-order valence-electron chi connectivity index (χ0n) is 12.4. The summed E-state index contributed by atoms with van der Waals surface area (Å²) < 4.78 is 26.5. The van der Waals surface area contributed by atoms with Crippen molar-refractivity contribution in [2.24, 2.45) is 5.92 Å². The third-order valence-corrected chi connectivity index (χ3v) is 3.97. The van der Waals surface area contributed by atoms with E-state index in [9.17, 15) is 13.6 Å². The van der Waals surface area contributed by atoms with Gasteiger partial charge in [-0.15, -0.1) is 0 Å². The van der Waals surface area contributed by atoms with Gasteiger partial charge in [0.25, 0.3) is 0 Å². The lowest BCUT2D eigenvalue weighted by Gasteiger charge is -2.29. The number of likely N-dealkylation sites (N-methyl/N-ethyl adjacent to an activating group) is 1. The fourth-order valence-corrected chi connectivity index (χ4v) is 2.74. The molecule has 0 bridgehead atoms. The molecule has 1 aromatic rings. The summed E-state index contributed by atoms with van der Waals surface area (Å²) in [6.45, 7) is 5.20. The molecular formula is C16H22F2N2O. The summed E-state index contributed by atoms with van der Waals surface area (Å²) in [5, 5.41) is 3.33. The van der Waals surface area contributed by atoms with Gasteiger partial charge < -0.3 is 10.2 Å². The maximum Gasteiger partial charge on any atom is 0.227 e. The monoisotopic (exact) mass is 296 g/mol. The van der Waals surface area contributed by atoms with Crippen LogP contribution in [-0.4, -0.2) is 37.0 Å². The maximum absolute atomic E-state index is 13.6. The van der Waals surface area contributed by atoms with Gasteiger partial charge in [-0.05, 0) is 50.4 Å². The van der Waals surface area contributed by atoms with E-state index in [4.69, 9.17) is 0 Å². The number of hydrogen-bond donors (Lipinski definition) is 1. The molecule has 1 fully saturated rings. The van der Waals surface area contributed by atoms with Gasteiger partial charge in [0.05, 0.1) is 6.42 Å². The molecule has 1 atom stereocenters. The average Bonchev–Trinajstić information content (AvgIpc) is 2.48. The van der Waals surface area contributed by atoms with E-state index in [-0.39, 0.29) is 17.9 Å². The van der Waals surface area contributed by atoms with Crippen LogP contribution in [0.25, 0.3) is 0 Å². The summed E-state index contributed by atoms with van der Waals surface area (Å²) in [4.78, 5) is 14.1. The minimum atomic E-state index is -0.654. The first-order chi connectivity index (χ1) is 10.1. The lowest BCUT2D eigenvalue weighted by molar-refractivity contribution is -0.131. The summed E-state index contributed by atoms with van der Waals surface area (Å²) in [5.74, 6) is -0.919. The number of benzene rings is 1. The van der Waals surface area contributed by atoms with Crippen LogP contribution < -0.4 is 5.32 Å². The number of nitrogens with one attached hydrogen (secondary N) is 1. The number of nitrogens with zero attached hydrogens (tertiary/aromatic N) is 1. The second-order valence-electron chi connectivity index (χ2n) is 5.56. The van der Waals surface area contributed by atoms with Crippen LogP contribution in [0, 0.1) is 17.6 Å². The number of halogens is 2. The molecule has 3 nitrogen and oxygen atoms in total. The van der Waals surface area contributed by atoms with Crippen molar-refractivity contribution in [2.75, 3.05) is 26.2 Å². The number of carbonyl (C=O) groups excluding carboxylic acids is 1. The Bertz CT molecular complexity index is 487. The molecule has 21 heavy (non-hydrogen) atoms. The lowest BCUT2D eigenvalue weighted by atomic mass is 9.98. The van der Waals surface area contributed by atoms with Gasteiger partial charge >= 0.3 is 0 Å². The van der Waals surface area contributed by atoms with Crippen LogP contribution in [0.3, 0.4) is 0 Å². The average molecular weight is 296 g/mol. The van der Waals surface area contributed by atoms with E-state index >= 15 is 0 Å². The first kappa shape index (κ1) is 15.9. The van der Waals surface area contributed by atoms with Crippen molar-refractivity contribution < 1.29 is 13.6 Å². The van der Waals surface area contributed by atoms with E-state index in [1.807, 2.05) is 6.92 Å². The summed E-state index contributed by atoms with van der Waals surface area (Å²) in [7, 11) is 0. The highest BCUT2D eigenvalue weighted by Gasteiger charge is 2.20. The van der Waals surface area contributed by atoms with E-state index < -0.39 is 11.6 Å². The van der Waals surface area contributed by atoms with Crippen LogP contribution in [-0.2, 0) is 11.2 Å². The number of piperidine rings is 1. The molecule has 0 aliphatic carbocycles. The van der Waals surface area contributed by atoms with Gasteiger partial charge in [0.1, 0.15) is 11.6 Å². The van der Waals surface area contributed by atoms with E-state index in [1.54, 1.807) is 4.90 Å². The van der Waals surface area contributed by atoms with E-state index in [1.165, 1.54) is 12.1 Å². The summed E-state index contributed by atoms with van der Waals surface area (Å²) in [5.41, 5.74) is 0.251. The zero-order valence-corrected chi connectivity index (χ0v) is 12.4. The van der Waals surface area contributed by atoms with Crippen molar-refractivity contribution in [3.8, 4) is 0 Å². The second kappa shape index (κ2) is 7.50. The molecule has 0 spiro atoms. The van der Waals surface area contributed by atoms with Crippen molar-refractivity contribution in [1.29, 1.82) is 0 Å². The van der Waals surface area contributed by atoms with Crippen molar-refractivity contribution in [3.63, 3.8) is 0 Å². The Labute approximate surface area is 124 Å². The minimum Gasteiger partial charge on any atom is -0.342 e. The largest absolute Gasteiger partial charge is 0.342 e. The Morgan fingerprint density at radius 2 is 2.24 bits per heavy atom. The van der Waals surface area contributed by atoms with Crippen molar-refractivity contribution in [2.45, 2.75) is 26.2 Å². The molecule has 1 heterocycles. The van der Waals surface area contributed by atoms with Gasteiger partial charge in [-0.25, -0.2) is 8.78 Å². The fraction of sp³-hybridized carbons (Fsp3) is 0.562. The third-order valence-electron chi connectivity index (χ3n) is 3.97. The fourth-order valence-electron chi connectivity index (χ4n) is 2.74. The molecule has 116 valence electrons. The summed E-state index contributed by atoms with van der Waals surface area (Å²) >= 11 is 0. The molecule has 0 radical (unpaired) electrons. The third kappa shape index (κ3) is 4.49. The van der Waals surface area contributed by atoms with Gasteiger partial charge in [0, 0.05) is 19.2 Å². The van der Waals surface area contributed by atoms with Gasteiger partial charge in [-0.1, -0.05) is 6.07 Å². The van der Waals surface area contributed by atoms with Crippen molar-refractivity contribution >= 4 is 5.91 Å². The Kier molecular flexibility index (Phi) is 5.67. The molecule has 1 aliphatic rings. The van der Waals surface area contributed by atoms with Gasteiger partial charge in [-0.3, -0.25) is 4.79 Å². The molecule has 1 N–H and O–H groups in total. The number of amides is 1. The van der Waals surface area contributed by atoms with Gasteiger partial charge in [0.15, 0.2) is 0 Å². The molecule has 2 rings (SSSR count). The first-order valence-corrected chi connectivity index (χ1v) is 7.52. The van der Waals surface area contributed by atoms with Crippen LogP contribution >= 0.6 is 0 Å². The van der Waals surface area contributed by atoms with E-state index in [0.29, 0.717) is 19.0 Å². The van der Waals surface area contributed by atoms with Gasteiger partial charge in [0.2, 0.25) is 5.91 Å². The van der Waals surface area contributed by atoms with Crippen molar-refractivity contribution in [3.05, 3.63) is 35.4 Å². The van der Waals surface area contributed by atoms with Crippen LogP contribution in [0.15, 0.2) is 18.2 Å². The number of rotatable bonds is 5. The quantitative estimate of drug-likeness (QED) is 0.904. The molecule has 0 saturated carbocycles. The lowest BCUT2D eigenvalue weighted by Crippen LogP contribution is -2.41. The van der Waals surface area contributed by atoms with Gasteiger partial charge in [-0.2, -0.15) is 0 Å². The first-order valence-electron chi connectivity index (χ1n) is 7.52. The second-order valence-corrected chi connectivity index (χ2v) is 5.56. The van der Waals surface area contributed by atoms with Crippen molar-refractivity contribution in [1.82, 2.24) is 10.2 Å². The Balaban J connectivity index is 1.95. The predicted octanol–water partition coefficient (Wildman–Crippen LogP) is 2.36. The van der Waals surface area contributed by atoms with Crippen LogP contribution in [0.4, 0.5) is 8.78 Å². The number of carbonyl (C=O) groups is 1. The van der Waals surface area contributed by atoms with E-state index in [2.05, 4.69) is 5.32 Å². The molecule has 0 aromatic heterocycles. The summed E-state index contributed by atoms with van der Waals surface area (Å²) in [6.07, 6.45) is 2.23. The maximum atomic E-state index is 13.6. The molecule has 5 heteroatoms. The molecular weight excluding hydrogens is 274 g/mol. The molecule has 1 saturated heterocycles. The van der Waals surface area contributed by atoms with Crippen LogP contribution in [0.5, 0.6) is 0 Å². The highest BCUT2D eigenvalue weighted by molar-refractivity contribution is 5.78. The molecule has 1 unspecified atom stereocenters. The Morgan fingerprint density at radius 1 is 1.43 bits per heavy atom. The standard InChI is InChI=1S/C16H22F2N2O/c1-2-20(11-12-4-3-7-19-10-12)16(21)8-13-5-6-14(17)9-15(13)18/h5-6,9,12,19H,2-4,7-8,10-11H2,1H3. The van der Waals surface area contributed by atoms with Crippen LogP contribution in [0.2, 0.25) is 0 Å². The Morgan fingerprint density at radius 3 is 2.86 bits per heavy atom. The molecule has 1 amide bonds. The van der Waals surface area contributed by atoms with E-state index in [0.717, 1.165) is 32.0 Å². The molecule has 1 aromatic carbocycles. The molecule has 1 aliphatic heterocycles. The minimum absolute atomic E-state index is 0.0138. The normalized spacial score (nSPS) is 18.5. The zero-order chi connectivity index (χ0) is 15.2. The topological polar surface area (TPSA) is 32.3 Å².